The molecule has 3 aromatic rings. The van der Waals surface area contributed by atoms with Crippen molar-refractivity contribution in [3.05, 3.63) is 76.4 Å². The molecule has 0 aliphatic carbocycles. The lowest BCUT2D eigenvalue weighted by Crippen LogP contribution is -2.28. The number of rotatable bonds is 4. The van der Waals surface area contributed by atoms with Crippen LogP contribution in [0.15, 0.2) is 74.7 Å². The second-order valence-electron chi connectivity index (χ2n) is 6.58. The van der Waals surface area contributed by atoms with Crippen LogP contribution in [0.3, 0.4) is 0 Å². The number of fused-ring (bicyclic) bond motifs is 1. The second kappa shape index (κ2) is 8.22. The number of para-hydroxylation sites is 1. The van der Waals surface area contributed by atoms with E-state index < -0.39 is 0 Å². The lowest BCUT2D eigenvalue weighted by Gasteiger charge is -2.20. The number of aliphatic imine (C=N–C) groups is 1. The summed E-state index contributed by atoms with van der Waals surface area (Å²) in [6, 6.07) is 15.7. The Hall–Kier alpha value is -2.29. The molecule has 5 rings (SSSR count). The van der Waals surface area contributed by atoms with E-state index in [4.69, 9.17) is 4.42 Å². The van der Waals surface area contributed by atoms with Crippen LogP contribution < -0.4 is 0 Å². The molecular weight excluding hydrogens is 422 g/mol. The van der Waals surface area contributed by atoms with Gasteiger partial charge in [-0.15, -0.1) is 11.3 Å². The van der Waals surface area contributed by atoms with Gasteiger partial charge in [0.15, 0.2) is 0 Å². The summed E-state index contributed by atoms with van der Waals surface area (Å²) in [4.78, 5) is 18.8. The lowest BCUT2D eigenvalue weighted by molar-refractivity contribution is -0.130. The molecule has 2 aliphatic rings. The van der Waals surface area contributed by atoms with Gasteiger partial charge in [-0.3, -0.25) is 4.79 Å². The highest BCUT2D eigenvalue weighted by atomic mass is 32.2. The number of carbonyl (C=O) groups is 1. The Bertz CT molecular complexity index is 1070. The number of nitrogens with zero attached hydrogens (tertiary/aromatic N) is 3. The minimum absolute atomic E-state index is 0.0369. The third-order valence-corrected chi connectivity index (χ3v) is 7.87. The van der Waals surface area contributed by atoms with E-state index in [1.165, 1.54) is 17.3 Å². The molecule has 1 amide bonds. The van der Waals surface area contributed by atoms with Gasteiger partial charge in [-0.05, 0) is 35.2 Å². The van der Waals surface area contributed by atoms with E-state index in [1.54, 1.807) is 34.4 Å². The summed E-state index contributed by atoms with van der Waals surface area (Å²) in [5.74, 6) is 1.91. The monoisotopic (exact) mass is 439 g/mol. The Morgan fingerprint density at radius 2 is 2.14 bits per heavy atom. The van der Waals surface area contributed by atoms with Gasteiger partial charge in [0.25, 0.3) is 5.91 Å². The van der Waals surface area contributed by atoms with Crippen LogP contribution in [0.2, 0.25) is 0 Å². The molecule has 8 heteroatoms. The predicted molar refractivity (Wildman–Crippen MR) is 121 cm³/mol. The molecular formula is C21H17N3O2S3. The number of thiophene rings is 1. The van der Waals surface area contributed by atoms with E-state index in [1.807, 2.05) is 47.8 Å². The van der Waals surface area contributed by atoms with E-state index in [2.05, 4.69) is 16.2 Å². The SMILES string of the molecule is O=C(CSC1=Nc2ccccc2CS1)N1N=C(c2cccs2)CC1c1ccco1. The Balaban J connectivity index is 1.32. The van der Waals surface area contributed by atoms with Crippen molar-refractivity contribution >= 4 is 56.5 Å². The zero-order valence-electron chi connectivity index (χ0n) is 15.4. The number of hydrazone groups is 1. The first-order valence-corrected chi connectivity index (χ1v) is 12.0. The molecule has 29 heavy (non-hydrogen) atoms. The fourth-order valence-electron chi connectivity index (χ4n) is 3.31. The van der Waals surface area contributed by atoms with E-state index in [0.29, 0.717) is 12.2 Å². The van der Waals surface area contributed by atoms with Gasteiger partial charge in [0.05, 0.1) is 28.3 Å². The fraction of sp³-hybridized carbons (Fsp3) is 0.190. The van der Waals surface area contributed by atoms with E-state index >= 15 is 0 Å². The Labute approximate surface area is 180 Å². The molecule has 0 bridgehead atoms. The molecule has 0 radical (unpaired) electrons. The van der Waals surface area contributed by atoms with Gasteiger partial charge in [0, 0.05) is 12.2 Å². The molecule has 1 unspecified atom stereocenters. The lowest BCUT2D eigenvalue weighted by atomic mass is 10.1. The number of thioether (sulfide) groups is 2. The van der Waals surface area contributed by atoms with Crippen molar-refractivity contribution in [3.63, 3.8) is 0 Å². The first-order chi connectivity index (χ1) is 14.3. The van der Waals surface area contributed by atoms with Crippen LogP contribution in [0.1, 0.15) is 28.7 Å². The number of benzene rings is 1. The third-order valence-electron chi connectivity index (χ3n) is 4.72. The molecule has 146 valence electrons. The van der Waals surface area contributed by atoms with Gasteiger partial charge in [-0.1, -0.05) is 47.8 Å². The zero-order chi connectivity index (χ0) is 19.6. The quantitative estimate of drug-likeness (QED) is 0.524. The highest BCUT2D eigenvalue weighted by Crippen LogP contribution is 2.37. The summed E-state index contributed by atoms with van der Waals surface area (Å²) in [6.07, 6.45) is 2.30. The average molecular weight is 440 g/mol. The third kappa shape index (κ3) is 3.92. The largest absolute Gasteiger partial charge is 0.467 e. The van der Waals surface area contributed by atoms with Crippen LogP contribution in [0.25, 0.3) is 0 Å². The Morgan fingerprint density at radius 1 is 1.21 bits per heavy atom. The first-order valence-electron chi connectivity index (χ1n) is 9.17. The van der Waals surface area contributed by atoms with E-state index in [9.17, 15) is 4.79 Å². The molecule has 0 spiro atoms. The molecule has 0 N–H and O–H groups in total. The van der Waals surface area contributed by atoms with Crippen molar-refractivity contribution < 1.29 is 9.21 Å². The van der Waals surface area contributed by atoms with Crippen LogP contribution in [-0.2, 0) is 10.5 Å². The molecule has 0 saturated heterocycles. The molecule has 5 nitrogen and oxygen atoms in total. The molecule has 2 aromatic heterocycles. The van der Waals surface area contributed by atoms with Crippen molar-refractivity contribution in [1.29, 1.82) is 0 Å². The summed E-state index contributed by atoms with van der Waals surface area (Å²) in [7, 11) is 0. The number of hydrogen-bond donors (Lipinski definition) is 0. The van der Waals surface area contributed by atoms with Crippen LogP contribution in [0.5, 0.6) is 0 Å². The van der Waals surface area contributed by atoms with E-state index in [-0.39, 0.29) is 11.9 Å². The molecule has 0 fully saturated rings. The van der Waals surface area contributed by atoms with Crippen molar-refractivity contribution in [2.24, 2.45) is 10.1 Å². The number of carbonyl (C=O) groups excluding carboxylic acids is 1. The minimum Gasteiger partial charge on any atom is -0.467 e. The van der Waals surface area contributed by atoms with Gasteiger partial charge >= 0.3 is 0 Å². The molecule has 1 aromatic carbocycles. The molecule has 0 saturated carbocycles. The van der Waals surface area contributed by atoms with Crippen molar-refractivity contribution in [2.75, 3.05) is 5.75 Å². The van der Waals surface area contributed by atoms with Crippen molar-refractivity contribution in [2.45, 2.75) is 18.2 Å². The van der Waals surface area contributed by atoms with Crippen molar-refractivity contribution in [3.8, 4) is 0 Å². The maximum atomic E-state index is 13.0. The molecule has 2 aliphatic heterocycles. The van der Waals surface area contributed by atoms with Crippen molar-refractivity contribution in [1.82, 2.24) is 5.01 Å². The van der Waals surface area contributed by atoms with Crippen LogP contribution in [0, 0.1) is 0 Å². The summed E-state index contributed by atoms with van der Waals surface area (Å²) in [6.45, 7) is 0. The maximum Gasteiger partial charge on any atom is 0.253 e. The standard InChI is InChI=1S/C21H17N3O2S3/c25-20(13-29-21-22-15-6-2-1-5-14(15)12-28-21)24-17(18-7-3-9-26-18)11-16(23-24)19-8-4-10-27-19/h1-10,17H,11-13H2. The number of hydrogen-bond acceptors (Lipinski definition) is 7. The van der Waals surface area contributed by atoms with Crippen LogP contribution >= 0.6 is 34.9 Å². The topological polar surface area (TPSA) is 58.2 Å². The van der Waals surface area contributed by atoms with Crippen LogP contribution in [0.4, 0.5) is 5.69 Å². The summed E-state index contributed by atoms with van der Waals surface area (Å²) < 4.78 is 6.52. The highest BCUT2D eigenvalue weighted by Gasteiger charge is 2.35. The van der Waals surface area contributed by atoms with Gasteiger partial charge < -0.3 is 4.42 Å². The second-order valence-corrected chi connectivity index (χ2v) is 9.72. The van der Waals surface area contributed by atoms with Gasteiger partial charge in [0.2, 0.25) is 0 Å². The minimum atomic E-state index is -0.197. The number of amides is 1. The highest BCUT2D eigenvalue weighted by molar-refractivity contribution is 8.38. The normalized spacial score (nSPS) is 18.3. The predicted octanol–water partition coefficient (Wildman–Crippen LogP) is 5.69. The smallest absolute Gasteiger partial charge is 0.253 e. The molecule has 1 atom stereocenters. The average Bonchev–Trinajstić information content (AvgIpc) is 3.52. The van der Waals surface area contributed by atoms with E-state index in [0.717, 1.165) is 32.2 Å². The van der Waals surface area contributed by atoms with Gasteiger partial charge in [-0.25, -0.2) is 10.0 Å². The summed E-state index contributed by atoms with van der Waals surface area (Å²) in [5.41, 5.74) is 3.16. The Morgan fingerprint density at radius 3 is 2.97 bits per heavy atom. The first kappa shape index (κ1) is 18.7. The molecule has 4 heterocycles. The van der Waals surface area contributed by atoms with Gasteiger partial charge in [0.1, 0.15) is 16.2 Å². The van der Waals surface area contributed by atoms with Crippen LogP contribution in [-0.4, -0.2) is 26.8 Å². The zero-order valence-corrected chi connectivity index (χ0v) is 17.8. The number of furan rings is 1. The summed E-state index contributed by atoms with van der Waals surface area (Å²) >= 11 is 4.79. The maximum absolute atomic E-state index is 13.0. The Kier molecular flexibility index (Phi) is 5.30. The fourth-order valence-corrected chi connectivity index (χ4v) is 5.95. The summed E-state index contributed by atoms with van der Waals surface area (Å²) in [5, 5.41) is 8.27. The van der Waals surface area contributed by atoms with Gasteiger partial charge in [-0.2, -0.15) is 5.10 Å².